The minimum atomic E-state index is 0.786. The number of imidazole rings is 1. The first-order chi connectivity index (χ1) is 37.7. The monoisotopic (exact) mass is 969 g/mol. The molecule has 0 amide bonds. The molecule has 9 aromatic carbocycles. The third-order valence-corrected chi connectivity index (χ3v) is 14.9. The Hall–Kier alpha value is -10.3. The number of furan rings is 1. The standard InChI is InChI=1S/C70H43N5O/c1-3-17-44(18-4-1)62-34-31-46(41-71-62)52-21-7-9-23-54(52)48-37-49(55-24-10-8-22-53(55)47-32-35-63(72-42-47)45-19-5-2-6-20-45)39-50(38-48)56-25-11-12-26-57(56)51-40-61-67(73-43-51)60-28-13-15-29-64(60)75-65-36-33-59-58-27-14-16-30-66(58)76-69(59)68(65)74-70(61)75/h1-43H. The average Bonchev–Trinajstić information content (AvgIpc) is 4.22. The first kappa shape index (κ1) is 43.3. The van der Waals surface area contributed by atoms with Gasteiger partial charge in [-0.05, 0) is 111 Å². The van der Waals surface area contributed by atoms with Crippen LogP contribution in [0.2, 0.25) is 0 Å². The molecule has 15 aromatic rings. The summed E-state index contributed by atoms with van der Waals surface area (Å²) in [5, 5.41) is 4.14. The Labute approximate surface area is 437 Å². The van der Waals surface area contributed by atoms with Gasteiger partial charge in [-0.1, -0.05) is 182 Å². The van der Waals surface area contributed by atoms with E-state index in [0.717, 1.165) is 150 Å². The molecule has 0 bridgehead atoms. The first-order valence-corrected chi connectivity index (χ1v) is 25.6. The number of rotatable bonds is 8. The second kappa shape index (κ2) is 17.7. The quantitative estimate of drug-likeness (QED) is 0.142. The van der Waals surface area contributed by atoms with Crippen LogP contribution in [0.4, 0.5) is 0 Å². The van der Waals surface area contributed by atoms with Crippen molar-refractivity contribution >= 4 is 60.4 Å². The minimum Gasteiger partial charge on any atom is -0.454 e. The van der Waals surface area contributed by atoms with Crippen LogP contribution in [0.25, 0.3) is 150 Å². The lowest BCUT2D eigenvalue weighted by Gasteiger charge is -2.18. The maximum absolute atomic E-state index is 6.57. The maximum atomic E-state index is 6.57. The first-order valence-electron chi connectivity index (χ1n) is 25.6. The number of pyridine rings is 4. The molecule has 0 aliphatic heterocycles. The number of hydrogen-bond donors (Lipinski definition) is 0. The molecule has 0 atom stereocenters. The summed E-state index contributed by atoms with van der Waals surface area (Å²) in [4.78, 5) is 20.7. The third kappa shape index (κ3) is 7.18. The molecule has 15 rings (SSSR count). The molecule has 6 aromatic heterocycles. The number of fused-ring (bicyclic) bond motifs is 12. The zero-order valence-corrected chi connectivity index (χ0v) is 41.0. The van der Waals surface area contributed by atoms with Gasteiger partial charge in [-0.25, -0.2) is 4.98 Å². The van der Waals surface area contributed by atoms with E-state index < -0.39 is 0 Å². The van der Waals surface area contributed by atoms with E-state index in [1.807, 2.05) is 42.9 Å². The Balaban J connectivity index is 0.923. The van der Waals surface area contributed by atoms with Crippen LogP contribution in [-0.2, 0) is 0 Å². The summed E-state index contributed by atoms with van der Waals surface area (Å²) in [7, 11) is 0. The molecule has 354 valence electrons. The molecule has 6 heteroatoms. The predicted molar refractivity (Wildman–Crippen MR) is 312 cm³/mol. The van der Waals surface area contributed by atoms with E-state index in [4.69, 9.17) is 24.4 Å². The Morgan fingerprint density at radius 3 is 1.32 bits per heavy atom. The normalized spacial score (nSPS) is 11.7. The van der Waals surface area contributed by atoms with Crippen molar-refractivity contribution in [3.05, 3.63) is 261 Å². The minimum absolute atomic E-state index is 0.786. The van der Waals surface area contributed by atoms with Gasteiger partial charge >= 0.3 is 0 Å². The van der Waals surface area contributed by atoms with Crippen LogP contribution < -0.4 is 0 Å². The van der Waals surface area contributed by atoms with Crippen molar-refractivity contribution in [2.75, 3.05) is 0 Å². The van der Waals surface area contributed by atoms with Gasteiger partial charge in [-0.15, -0.1) is 0 Å². The van der Waals surface area contributed by atoms with Gasteiger partial charge in [0.1, 0.15) is 16.7 Å². The van der Waals surface area contributed by atoms with Crippen LogP contribution in [0.15, 0.2) is 266 Å². The lowest BCUT2D eigenvalue weighted by molar-refractivity contribution is 0.672. The molecule has 0 radical (unpaired) electrons. The van der Waals surface area contributed by atoms with Gasteiger partial charge in [0.25, 0.3) is 0 Å². The van der Waals surface area contributed by atoms with Crippen LogP contribution in [0.3, 0.4) is 0 Å². The zero-order chi connectivity index (χ0) is 50.1. The highest BCUT2D eigenvalue weighted by Crippen LogP contribution is 2.44. The lowest BCUT2D eigenvalue weighted by Crippen LogP contribution is -1.95. The molecule has 0 saturated carbocycles. The molecule has 6 heterocycles. The fraction of sp³-hybridized carbons (Fsp3) is 0. The van der Waals surface area contributed by atoms with Gasteiger partial charge in [0, 0.05) is 68.0 Å². The highest BCUT2D eigenvalue weighted by atomic mass is 16.3. The molecular weight excluding hydrogens is 927 g/mol. The van der Waals surface area contributed by atoms with Gasteiger partial charge in [-0.3, -0.25) is 19.4 Å². The fourth-order valence-corrected chi connectivity index (χ4v) is 11.3. The van der Waals surface area contributed by atoms with Crippen molar-refractivity contribution in [2.24, 2.45) is 0 Å². The summed E-state index contributed by atoms with van der Waals surface area (Å²) in [6, 6.07) is 85.6. The molecule has 0 aliphatic carbocycles. The second-order valence-corrected chi connectivity index (χ2v) is 19.3. The van der Waals surface area contributed by atoms with Gasteiger partial charge in [-0.2, -0.15) is 0 Å². The molecule has 0 saturated heterocycles. The van der Waals surface area contributed by atoms with Crippen molar-refractivity contribution in [3.63, 3.8) is 0 Å². The zero-order valence-electron chi connectivity index (χ0n) is 41.0. The second-order valence-electron chi connectivity index (χ2n) is 19.3. The third-order valence-electron chi connectivity index (χ3n) is 14.9. The molecular formula is C70H43N5O. The summed E-state index contributed by atoms with van der Waals surface area (Å²) < 4.78 is 8.85. The predicted octanol–water partition coefficient (Wildman–Crippen LogP) is 18.2. The van der Waals surface area contributed by atoms with Crippen LogP contribution in [-0.4, -0.2) is 24.3 Å². The highest BCUT2D eigenvalue weighted by Gasteiger charge is 2.21. The fourth-order valence-electron chi connectivity index (χ4n) is 11.3. The van der Waals surface area contributed by atoms with Crippen molar-refractivity contribution in [3.8, 4) is 89.3 Å². The molecule has 0 aliphatic rings. The largest absolute Gasteiger partial charge is 0.454 e. The van der Waals surface area contributed by atoms with Crippen molar-refractivity contribution in [1.82, 2.24) is 24.3 Å². The molecule has 0 spiro atoms. The van der Waals surface area contributed by atoms with E-state index in [0.29, 0.717) is 0 Å². The van der Waals surface area contributed by atoms with E-state index >= 15 is 0 Å². The molecule has 0 fully saturated rings. The van der Waals surface area contributed by atoms with Crippen molar-refractivity contribution < 1.29 is 4.42 Å². The van der Waals surface area contributed by atoms with Gasteiger partial charge in [0.05, 0.1) is 27.9 Å². The average molecular weight is 970 g/mol. The van der Waals surface area contributed by atoms with Crippen molar-refractivity contribution in [2.45, 2.75) is 0 Å². The smallest absolute Gasteiger partial charge is 0.163 e. The SMILES string of the molecule is c1ccc(-c2ccc(-c3ccccc3-c3cc(-c4ccccc4-c4ccc(-c5ccccc5)nc4)cc(-c4ccccc4-c4cnc5c6ccccc6n6c7ccc8c9ccccc9oc8c7nc6c5c4)c3)cn2)cc1. The van der Waals surface area contributed by atoms with Crippen LogP contribution in [0, 0.1) is 0 Å². The maximum Gasteiger partial charge on any atom is 0.163 e. The molecule has 6 nitrogen and oxygen atoms in total. The van der Waals surface area contributed by atoms with Crippen LogP contribution in [0.1, 0.15) is 0 Å². The summed E-state index contributed by atoms with van der Waals surface area (Å²) in [5.41, 5.74) is 23.1. The van der Waals surface area contributed by atoms with E-state index in [1.165, 1.54) is 0 Å². The van der Waals surface area contributed by atoms with Gasteiger partial charge in [0.2, 0.25) is 0 Å². The molecule has 0 unspecified atom stereocenters. The molecule has 0 N–H and O–H groups in total. The van der Waals surface area contributed by atoms with Crippen LogP contribution >= 0.6 is 0 Å². The Kier molecular flexibility index (Phi) is 10.1. The topological polar surface area (TPSA) is 69.1 Å². The number of hydrogen-bond acceptors (Lipinski definition) is 5. The van der Waals surface area contributed by atoms with E-state index in [-0.39, 0.29) is 0 Å². The summed E-state index contributed by atoms with van der Waals surface area (Å²) in [5.74, 6) is 0. The molecule has 76 heavy (non-hydrogen) atoms. The number of nitrogens with zero attached hydrogens (tertiary/aromatic N) is 5. The van der Waals surface area contributed by atoms with E-state index in [2.05, 4.69) is 223 Å². The van der Waals surface area contributed by atoms with Gasteiger partial charge < -0.3 is 4.42 Å². The number of benzene rings is 9. The van der Waals surface area contributed by atoms with Crippen molar-refractivity contribution in [1.29, 1.82) is 0 Å². The Morgan fingerprint density at radius 1 is 0.289 bits per heavy atom. The van der Waals surface area contributed by atoms with Gasteiger partial charge in [0.15, 0.2) is 5.58 Å². The van der Waals surface area contributed by atoms with E-state index in [9.17, 15) is 0 Å². The number of aromatic nitrogens is 5. The summed E-state index contributed by atoms with van der Waals surface area (Å²) >= 11 is 0. The summed E-state index contributed by atoms with van der Waals surface area (Å²) in [6.07, 6.45) is 6.02. The Bertz CT molecular complexity index is 4590. The Morgan fingerprint density at radius 2 is 0.763 bits per heavy atom. The highest BCUT2D eigenvalue weighted by molar-refractivity contribution is 6.18. The van der Waals surface area contributed by atoms with E-state index in [1.54, 1.807) is 0 Å². The van der Waals surface area contributed by atoms with Crippen LogP contribution in [0.5, 0.6) is 0 Å². The number of para-hydroxylation sites is 2. The lowest BCUT2D eigenvalue weighted by atomic mass is 9.86. The summed E-state index contributed by atoms with van der Waals surface area (Å²) in [6.45, 7) is 0.